The van der Waals surface area contributed by atoms with Crippen LogP contribution >= 0.6 is 0 Å². The largest absolute Gasteiger partial charge is 0.385 e. The summed E-state index contributed by atoms with van der Waals surface area (Å²) in [5.74, 6) is 0.937. The molecule has 0 aromatic carbocycles. The first-order valence-corrected chi connectivity index (χ1v) is 9.61. The number of nitrogens with zero attached hydrogens (tertiary/aromatic N) is 3. The number of likely N-dealkylation sites (N-methyl/N-ethyl adjacent to an activating group) is 1. The highest BCUT2D eigenvalue weighted by Gasteiger charge is 2.17. The van der Waals surface area contributed by atoms with Crippen LogP contribution in [0, 0.1) is 0 Å². The fraction of sp³-hybridized carbons (Fsp3) is 0.944. The van der Waals surface area contributed by atoms with Crippen LogP contribution in [0.3, 0.4) is 0 Å². The third-order valence-electron chi connectivity index (χ3n) is 4.62. The van der Waals surface area contributed by atoms with Gasteiger partial charge in [0, 0.05) is 52.5 Å². The zero-order valence-corrected chi connectivity index (χ0v) is 16.3. The molecule has 2 N–H and O–H groups in total. The molecule has 0 amide bonds. The van der Waals surface area contributed by atoms with E-state index in [0.717, 1.165) is 58.3 Å². The Kier molecular flexibility index (Phi) is 11.9. The summed E-state index contributed by atoms with van der Waals surface area (Å²) in [6.07, 6.45) is 5.12. The zero-order valence-electron chi connectivity index (χ0n) is 16.3. The highest BCUT2D eigenvalue weighted by Crippen LogP contribution is 2.15. The number of likely N-dealkylation sites (tertiary alicyclic amines) is 1. The van der Waals surface area contributed by atoms with Crippen LogP contribution < -0.4 is 10.6 Å². The van der Waals surface area contributed by atoms with Crippen LogP contribution in [0.25, 0.3) is 0 Å². The summed E-state index contributed by atoms with van der Waals surface area (Å²) in [6.45, 7) is 12.3. The van der Waals surface area contributed by atoms with Gasteiger partial charge in [0.25, 0.3) is 0 Å². The number of hydrogen-bond acceptors (Lipinski definition) is 4. The maximum Gasteiger partial charge on any atom is 0.191 e. The van der Waals surface area contributed by atoms with E-state index < -0.39 is 0 Å². The Morgan fingerprint density at radius 3 is 2.83 bits per heavy atom. The lowest BCUT2D eigenvalue weighted by Gasteiger charge is -2.32. The monoisotopic (exact) mass is 341 g/mol. The Bertz CT molecular complexity index is 337. The Labute approximate surface area is 149 Å². The lowest BCUT2D eigenvalue weighted by atomic mass is 10.0. The number of piperidine rings is 1. The van der Waals surface area contributed by atoms with Gasteiger partial charge >= 0.3 is 0 Å². The van der Waals surface area contributed by atoms with Crippen molar-refractivity contribution in [3.05, 3.63) is 0 Å². The van der Waals surface area contributed by atoms with Crippen molar-refractivity contribution in [2.45, 2.75) is 45.6 Å². The molecule has 0 aliphatic carbocycles. The highest BCUT2D eigenvalue weighted by molar-refractivity contribution is 5.79. The second-order valence-electron chi connectivity index (χ2n) is 6.72. The second kappa shape index (κ2) is 13.4. The Morgan fingerprint density at radius 1 is 1.29 bits per heavy atom. The molecule has 1 saturated heterocycles. The van der Waals surface area contributed by atoms with Gasteiger partial charge in [0.05, 0.1) is 6.54 Å². The normalized spacial score (nSPS) is 19.7. The minimum atomic E-state index is 0.713. The van der Waals surface area contributed by atoms with Crippen molar-refractivity contribution in [1.29, 1.82) is 0 Å². The van der Waals surface area contributed by atoms with Crippen LogP contribution in [0.2, 0.25) is 0 Å². The van der Waals surface area contributed by atoms with E-state index in [9.17, 15) is 0 Å². The van der Waals surface area contributed by atoms with E-state index in [0.29, 0.717) is 6.04 Å². The SMILES string of the molecule is CCNC(=NCCN1CCCCC1C)NCCN(C)CCCOC. The highest BCUT2D eigenvalue weighted by atomic mass is 16.5. The van der Waals surface area contributed by atoms with Gasteiger partial charge in [0.15, 0.2) is 5.96 Å². The number of ether oxygens (including phenoxy) is 1. The Balaban J connectivity index is 2.24. The molecule has 0 spiro atoms. The van der Waals surface area contributed by atoms with Crippen LogP contribution in [0.15, 0.2) is 4.99 Å². The van der Waals surface area contributed by atoms with Crippen molar-refractivity contribution < 1.29 is 4.74 Å². The summed E-state index contributed by atoms with van der Waals surface area (Å²) in [4.78, 5) is 9.62. The summed E-state index contributed by atoms with van der Waals surface area (Å²) >= 11 is 0. The lowest BCUT2D eigenvalue weighted by Crippen LogP contribution is -2.42. The summed E-state index contributed by atoms with van der Waals surface area (Å²) in [6, 6.07) is 0.713. The van der Waals surface area contributed by atoms with Gasteiger partial charge < -0.3 is 20.3 Å². The third-order valence-corrected chi connectivity index (χ3v) is 4.62. The molecule has 1 rings (SSSR count). The van der Waals surface area contributed by atoms with Gasteiger partial charge in [-0.15, -0.1) is 0 Å². The standard InChI is InChI=1S/C18H39N5O/c1-5-19-18(20-10-14-22(3)12-8-16-24-4)21-11-15-23-13-7-6-9-17(23)2/h17H,5-16H2,1-4H3,(H2,19,20,21). The topological polar surface area (TPSA) is 52.1 Å². The van der Waals surface area contributed by atoms with E-state index in [1.807, 2.05) is 0 Å². The molecule has 0 bridgehead atoms. The van der Waals surface area contributed by atoms with Crippen LogP contribution in [0.4, 0.5) is 0 Å². The average Bonchev–Trinajstić information content (AvgIpc) is 2.57. The van der Waals surface area contributed by atoms with Gasteiger partial charge in [-0.2, -0.15) is 0 Å². The fourth-order valence-corrected chi connectivity index (χ4v) is 3.08. The number of aliphatic imine (C=N–C) groups is 1. The molecule has 1 aliphatic heterocycles. The van der Waals surface area contributed by atoms with Crippen LogP contribution in [0.1, 0.15) is 39.5 Å². The van der Waals surface area contributed by atoms with E-state index in [1.54, 1.807) is 7.11 Å². The molecule has 6 nitrogen and oxygen atoms in total. The molecule has 0 radical (unpaired) electrons. The third kappa shape index (κ3) is 9.45. The first-order chi connectivity index (χ1) is 11.7. The van der Waals surface area contributed by atoms with Crippen molar-refractivity contribution in [2.75, 3.05) is 66.6 Å². The predicted octanol–water partition coefficient (Wildman–Crippen LogP) is 1.38. The number of methoxy groups -OCH3 is 1. The Hall–Kier alpha value is -0.850. The van der Waals surface area contributed by atoms with Gasteiger partial charge in [-0.25, -0.2) is 0 Å². The number of guanidine groups is 1. The summed E-state index contributed by atoms with van der Waals surface area (Å²) in [5.41, 5.74) is 0. The molecular weight excluding hydrogens is 302 g/mol. The molecule has 142 valence electrons. The average molecular weight is 342 g/mol. The van der Waals surface area contributed by atoms with Gasteiger partial charge in [-0.3, -0.25) is 9.89 Å². The first-order valence-electron chi connectivity index (χ1n) is 9.61. The maximum atomic E-state index is 5.09. The number of hydrogen-bond donors (Lipinski definition) is 2. The lowest BCUT2D eigenvalue weighted by molar-refractivity contribution is 0.166. The van der Waals surface area contributed by atoms with Crippen molar-refractivity contribution in [3.63, 3.8) is 0 Å². The van der Waals surface area contributed by atoms with E-state index in [2.05, 4.69) is 41.3 Å². The van der Waals surface area contributed by atoms with E-state index >= 15 is 0 Å². The second-order valence-corrected chi connectivity index (χ2v) is 6.72. The summed E-state index contributed by atoms with van der Waals surface area (Å²) in [5, 5.41) is 6.78. The zero-order chi connectivity index (χ0) is 17.6. The van der Waals surface area contributed by atoms with Gasteiger partial charge in [0.1, 0.15) is 0 Å². The molecule has 1 unspecified atom stereocenters. The molecule has 0 aromatic heterocycles. The van der Waals surface area contributed by atoms with E-state index in [-0.39, 0.29) is 0 Å². The smallest absolute Gasteiger partial charge is 0.191 e. The minimum Gasteiger partial charge on any atom is -0.385 e. The molecule has 1 aliphatic rings. The minimum absolute atomic E-state index is 0.713. The van der Waals surface area contributed by atoms with Crippen molar-refractivity contribution in [3.8, 4) is 0 Å². The van der Waals surface area contributed by atoms with Gasteiger partial charge in [-0.1, -0.05) is 6.42 Å². The first kappa shape index (κ1) is 21.2. The predicted molar refractivity (Wildman–Crippen MR) is 103 cm³/mol. The maximum absolute atomic E-state index is 5.09. The van der Waals surface area contributed by atoms with E-state index in [4.69, 9.17) is 9.73 Å². The quantitative estimate of drug-likeness (QED) is 0.338. The van der Waals surface area contributed by atoms with Crippen LogP contribution in [-0.2, 0) is 4.74 Å². The Morgan fingerprint density at radius 2 is 2.12 bits per heavy atom. The molecule has 6 heteroatoms. The van der Waals surface area contributed by atoms with Gasteiger partial charge in [0.2, 0.25) is 0 Å². The molecule has 1 fully saturated rings. The number of nitrogens with one attached hydrogen (secondary N) is 2. The fourth-order valence-electron chi connectivity index (χ4n) is 3.08. The van der Waals surface area contributed by atoms with Crippen molar-refractivity contribution in [1.82, 2.24) is 20.4 Å². The van der Waals surface area contributed by atoms with Crippen molar-refractivity contribution >= 4 is 5.96 Å². The summed E-state index contributed by atoms with van der Waals surface area (Å²) < 4.78 is 5.09. The van der Waals surface area contributed by atoms with Gasteiger partial charge in [-0.05, 0) is 46.7 Å². The van der Waals surface area contributed by atoms with Crippen LogP contribution in [-0.4, -0.2) is 88.4 Å². The molecule has 24 heavy (non-hydrogen) atoms. The van der Waals surface area contributed by atoms with E-state index in [1.165, 1.54) is 25.8 Å². The molecule has 0 aromatic rings. The number of rotatable bonds is 11. The summed E-state index contributed by atoms with van der Waals surface area (Å²) in [7, 11) is 3.91. The molecule has 1 heterocycles. The molecular formula is C18H39N5O. The molecule has 0 saturated carbocycles. The van der Waals surface area contributed by atoms with Crippen LogP contribution in [0.5, 0.6) is 0 Å². The van der Waals surface area contributed by atoms with Crippen molar-refractivity contribution in [2.24, 2.45) is 4.99 Å². The molecule has 1 atom stereocenters.